The molecule has 1 aromatic heterocycles. The summed E-state index contributed by atoms with van der Waals surface area (Å²) in [5.74, 6) is -0.131. The van der Waals surface area contributed by atoms with Crippen LogP contribution >= 0.6 is 15.9 Å². The molecule has 0 saturated carbocycles. The Bertz CT molecular complexity index is 1000. The Morgan fingerprint density at radius 2 is 2.10 bits per heavy atom. The smallest absolute Gasteiger partial charge is 0.252 e. The number of carbonyl (C=O) groups is 1. The summed E-state index contributed by atoms with van der Waals surface area (Å²) in [6.07, 6.45) is 3.59. The van der Waals surface area contributed by atoms with Crippen LogP contribution < -0.4 is 10.6 Å². The fraction of sp³-hybridized carbons (Fsp3) is 0.409. The summed E-state index contributed by atoms with van der Waals surface area (Å²) >= 11 is 3.55. The molecule has 1 aliphatic rings. The summed E-state index contributed by atoms with van der Waals surface area (Å²) < 4.78 is 8.56. The van der Waals surface area contributed by atoms with Crippen LogP contribution in [-0.2, 0) is 4.74 Å². The molecule has 1 amide bonds. The predicted octanol–water partition coefficient (Wildman–Crippen LogP) is 3.79. The first-order valence-electron chi connectivity index (χ1n) is 9.66. The number of aliphatic hydroxyl groups excluding tert-OH is 1. The number of halogens is 1. The summed E-state index contributed by atoms with van der Waals surface area (Å²) in [6, 6.07) is 4.22. The molecule has 1 aliphatic heterocycles. The van der Waals surface area contributed by atoms with Crippen LogP contribution in [0.5, 0.6) is 0 Å². The van der Waals surface area contributed by atoms with E-state index >= 15 is 0 Å². The van der Waals surface area contributed by atoms with Crippen LogP contribution in [0.2, 0.25) is 0 Å². The number of benzene rings is 1. The van der Waals surface area contributed by atoms with E-state index in [1.807, 2.05) is 26.0 Å². The summed E-state index contributed by atoms with van der Waals surface area (Å²) in [7, 11) is 1.60. The molecule has 0 radical (unpaired) electrons. The maximum atomic E-state index is 13.1. The number of fused-ring (bicyclic) bond motifs is 1. The van der Waals surface area contributed by atoms with Gasteiger partial charge in [-0.1, -0.05) is 15.9 Å². The minimum Gasteiger partial charge on any atom is -0.390 e. The number of hydrogen-bond donors (Lipinski definition) is 3. The minimum atomic E-state index is -0.381. The van der Waals surface area contributed by atoms with Crippen molar-refractivity contribution in [3.63, 3.8) is 0 Å². The first-order chi connectivity index (χ1) is 13.8. The van der Waals surface area contributed by atoms with Crippen LogP contribution in [0, 0.1) is 6.92 Å². The van der Waals surface area contributed by atoms with Gasteiger partial charge in [-0.3, -0.25) is 4.79 Å². The first kappa shape index (κ1) is 21.6. The van der Waals surface area contributed by atoms with Crippen LogP contribution in [0.1, 0.15) is 42.7 Å². The molecule has 0 fully saturated rings. The number of aromatic nitrogens is 1. The topological polar surface area (TPSA) is 75.5 Å². The number of allylic oxidation sites excluding steroid dienone is 2. The molecule has 1 unspecified atom stereocenters. The number of rotatable bonds is 6. The quantitative estimate of drug-likeness (QED) is 0.611. The number of nitrogens with one attached hydrogen (secondary N) is 2. The molecule has 1 atom stereocenters. The third-order valence-electron chi connectivity index (χ3n) is 5.26. The number of methoxy groups -OCH3 is 1. The van der Waals surface area contributed by atoms with Crippen LogP contribution in [0.3, 0.4) is 0 Å². The van der Waals surface area contributed by atoms with Crippen LogP contribution in [0.4, 0.5) is 0 Å². The van der Waals surface area contributed by atoms with Gasteiger partial charge in [0, 0.05) is 47.0 Å². The Kier molecular flexibility index (Phi) is 6.51. The van der Waals surface area contributed by atoms with Gasteiger partial charge in [-0.05, 0) is 57.0 Å². The highest BCUT2D eigenvalue weighted by Crippen LogP contribution is 2.31. The SMILES string of the molecule is COC1NC(CO)=CC(C)=C1CNC(=O)c1cc(Br)cc2c1c(C)cn2C(C)C. The van der Waals surface area contributed by atoms with Crippen molar-refractivity contribution in [3.05, 3.63) is 56.8 Å². The zero-order valence-electron chi connectivity index (χ0n) is 17.5. The van der Waals surface area contributed by atoms with E-state index in [-0.39, 0.29) is 18.7 Å². The molecule has 156 valence electrons. The van der Waals surface area contributed by atoms with Crippen molar-refractivity contribution in [2.75, 3.05) is 20.3 Å². The van der Waals surface area contributed by atoms with Gasteiger partial charge in [-0.25, -0.2) is 0 Å². The molecule has 2 aromatic rings. The van der Waals surface area contributed by atoms with Gasteiger partial charge >= 0.3 is 0 Å². The summed E-state index contributed by atoms with van der Waals surface area (Å²) in [5.41, 5.74) is 5.36. The molecular formula is C22H28BrN3O3. The number of nitrogens with zero attached hydrogens (tertiary/aromatic N) is 1. The Labute approximate surface area is 179 Å². The maximum Gasteiger partial charge on any atom is 0.252 e. The Morgan fingerprint density at radius 3 is 2.72 bits per heavy atom. The van der Waals surface area contributed by atoms with Gasteiger partial charge in [0.25, 0.3) is 5.91 Å². The minimum absolute atomic E-state index is 0.0843. The van der Waals surface area contributed by atoms with Gasteiger partial charge in [0.15, 0.2) is 6.23 Å². The molecule has 2 heterocycles. The molecule has 7 heteroatoms. The lowest BCUT2D eigenvalue weighted by atomic mass is 10.0. The summed E-state index contributed by atoms with van der Waals surface area (Å²) in [4.78, 5) is 13.1. The largest absolute Gasteiger partial charge is 0.390 e. The average Bonchev–Trinajstić information content (AvgIpc) is 3.02. The number of dihydropyridines is 1. The number of hydrogen-bond acceptors (Lipinski definition) is 4. The zero-order valence-corrected chi connectivity index (χ0v) is 19.1. The third kappa shape index (κ3) is 4.27. The van der Waals surface area contributed by atoms with E-state index in [1.165, 1.54) is 0 Å². The Morgan fingerprint density at radius 1 is 1.38 bits per heavy atom. The Balaban J connectivity index is 1.92. The lowest BCUT2D eigenvalue weighted by molar-refractivity contribution is 0.0926. The van der Waals surface area contributed by atoms with Gasteiger partial charge in [0.2, 0.25) is 0 Å². The van der Waals surface area contributed by atoms with E-state index in [2.05, 4.69) is 57.2 Å². The lowest BCUT2D eigenvalue weighted by Crippen LogP contribution is -2.41. The standard InChI is InChI=1S/C22H28BrN3O3/c1-12(2)26-10-14(4)20-17(7-15(23)8-19(20)26)21(28)24-9-18-13(3)6-16(11-27)25-22(18)29-5/h6-8,10,12,22,25,27H,9,11H2,1-5H3,(H,24,28). The molecule has 0 aliphatic carbocycles. The second-order valence-electron chi connectivity index (χ2n) is 7.64. The van der Waals surface area contributed by atoms with E-state index in [9.17, 15) is 9.90 Å². The molecule has 0 saturated heterocycles. The Hall–Kier alpha value is -2.09. The number of amides is 1. The monoisotopic (exact) mass is 461 g/mol. The highest BCUT2D eigenvalue weighted by molar-refractivity contribution is 9.10. The molecule has 6 nitrogen and oxygen atoms in total. The van der Waals surface area contributed by atoms with E-state index in [4.69, 9.17) is 4.74 Å². The molecule has 3 N–H and O–H groups in total. The normalized spacial score (nSPS) is 17.0. The lowest BCUT2D eigenvalue weighted by Gasteiger charge is -2.28. The first-order valence-corrected chi connectivity index (χ1v) is 10.4. The molecule has 1 aromatic carbocycles. The van der Waals surface area contributed by atoms with Crippen molar-refractivity contribution < 1.29 is 14.6 Å². The predicted molar refractivity (Wildman–Crippen MR) is 119 cm³/mol. The van der Waals surface area contributed by atoms with Crippen molar-refractivity contribution in [3.8, 4) is 0 Å². The maximum absolute atomic E-state index is 13.1. The number of ether oxygens (including phenoxy) is 1. The van der Waals surface area contributed by atoms with Gasteiger partial charge in [-0.2, -0.15) is 0 Å². The van der Waals surface area contributed by atoms with E-state index in [0.29, 0.717) is 23.8 Å². The highest BCUT2D eigenvalue weighted by atomic mass is 79.9. The van der Waals surface area contributed by atoms with Crippen molar-refractivity contribution in [1.29, 1.82) is 0 Å². The summed E-state index contributed by atoms with van der Waals surface area (Å²) in [6.45, 7) is 8.51. The number of aryl methyl sites for hydroxylation is 1. The molecule has 29 heavy (non-hydrogen) atoms. The van der Waals surface area contributed by atoms with Crippen molar-refractivity contribution in [2.45, 2.75) is 40.0 Å². The second kappa shape index (κ2) is 8.73. The second-order valence-corrected chi connectivity index (χ2v) is 8.55. The van der Waals surface area contributed by atoms with Gasteiger partial charge in [0.1, 0.15) is 0 Å². The molecule has 3 rings (SSSR count). The van der Waals surface area contributed by atoms with E-state index in [0.717, 1.165) is 32.1 Å². The van der Waals surface area contributed by atoms with Gasteiger partial charge in [-0.15, -0.1) is 0 Å². The van der Waals surface area contributed by atoms with E-state index < -0.39 is 0 Å². The highest BCUT2D eigenvalue weighted by Gasteiger charge is 2.23. The molecule has 0 spiro atoms. The third-order valence-corrected chi connectivity index (χ3v) is 5.72. The van der Waals surface area contributed by atoms with Crippen LogP contribution in [0.25, 0.3) is 10.9 Å². The molecular weight excluding hydrogens is 434 g/mol. The van der Waals surface area contributed by atoms with Crippen molar-refractivity contribution in [2.24, 2.45) is 0 Å². The van der Waals surface area contributed by atoms with Crippen LogP contribution in [0.15, 0.2) is 45.7 Å². The summed E-state index contributed by atoms with van der Waals surface area (Å²) in [5, 5.41) is 16.5. The number of aliphatic hydroxyl groups is 1. The van der Waals surface area contributed by atoms with Crippen molar-refractivity contribution >= 4 is 32.7 Å². The zero-order chi connectivity index (χ0) is 21.3. The van der Waals surface area contributed by atoms with Gasteiger partial charge < -0.3 is 25.0 Å². The van der Waals surface area contributed by atoms with Gasteiger partial charge in [0.05, 0.1) is 17.7 Å². The van der Waals surface area contributed by atoms with Crippen LogP contribution in [-0.4, -0.2) is 42.1 Å². The fourth-order valence-electron chi connectivity index (χ4n) is 3.81. The van der Waals surface area contributed by atoms with Crippen molar-refractivity contribution in [1.82, 2.24) is 15.2 Å². The fourth-order valence-corrected chi connectivity index (χ4v) is 4.26. The number of carbonyl (C=O) groups excluding carboxylic acids is 1. The molecule has 0 bridgehead atoms. The van der Waals surface area contributed by atoms with E-state index in [1.54, 1.807) is 7.11 Å². The average molecular weight is 462 g/mol.